The number of carbonyl (C=O) groups excluding carboxylic acids is 2. The van der Waals surface area contributed by atoms with E-state index in [4.69, 9.17) is 4.74 Å². The van der Waals surface area contributed by atoms with E-state index in [2.05, 4.69) is 5.32 Å². The normalized spacial score (nSPS) is 19.2. The summed E-state index contributed by atoms with van der Waals surface area (Å²) in [5, 5.41) is 12.2. The molecule has 1 aromatic rings. The van der Waals surface area contributed by atoms with Crippen LogP contribution in [0.25, 0.3) is 0 Å². The Hall–Kier alpha value is -2.57. The second-order valence-corrected chi connectivity index (χ2v) is 6.33. The first kappa shape index (κ1) is 16.3. The lowest BCUT2D eigenvalue weighted by atomic mass is 9.82. The number of nitrogens with one attached hydrogen (secondary N) is 1. The van der Waals surface area contributed by atoms with Crippen LogP contribution in [0.4, 0.5) is 16.2 Å². The Kier molecular flexibility index (Phi) is 4.42. The predicted octanol–water partition coefficient (Wildman–Crippen LogP) is 2.62. The van der Waals surface area contributed by atoms with Gasteiger partial charge in [-0.1, -0.05) is 12.8 Å². The molecule has 0 unspecified atom stereocenters. The minimum Gasteiger partial charge on any atom is -0.481 e. The van der Waals surface area contributed by atoms with Crippen molar-refractivity contribution in [1.29, 1.82) is 0 Å². The van der Waals surface area contributed by atoms with Crippen molar-refractivity contribution in [1.82, 2.24) is 0 Å². The van der Waals surface area contributed by atoms with Gasteiger partial charge in [-0.3, -0.25) is 14.5 Å². The second-order valence-electron chi connectivity index (χ2n) is 6.33. The molecule has 0 spiro atoms. The topological polar surface area (TPSA) is 95.9 Å². The fourth-order valence-corrected chi connectivity index (χ4v) is 3.38. The van der Waals surface area contributed by atoms with Crippen molar-refractivity contribution in [2.45, 2.75) is 32.1 Å². The van der Waals surface area contributed by atoms with Gasteiger partial charge in [0.05, 0.1) is 12.0 Å². The Morgan fingerprint density at radius 1 is 1.21 bits per heavy atom. The molecular formula is C17H20N2O5. The van der Waals surface area contributed by atoms with E-state index in [-0.39, 0.29) is 18.4 Å². The highest BCUT2D eigenvalue weighted by atomic mass is 16.6. The summed E-state index contributed by atoms with van der Waals surface area (Å²) in [5.74, 6) is -1.19. The van der Waals surface area contributed by atoms with E-state index in [0.29, 0.717) is 37.4 Å². The maximum absolute atomic E-state index is 12.2. The summed E-state index contributed by atoms with van der Waals surface area (Å²) in [7, 11) is 0. The first-order valence-electron chi connectivity index (χ1n) is 8.08. The highest BCUT2D eigenvalue weighted by molar-refractivity contribution is 5.95. The number of anilines is 2. The second kappa shape index (κ2) is 6.51. The summed E-state index contributed by atoms with van der Waals surface area (Å²) >= 11 is 0. The maximum atomic E-state index is 12.2. The van der Waals surface area contributed by atoms with Gasteiger partial charge in [0, 0.05) is 17.8 Å². The van der Waals surface area contributed by atoms with Gasteiger partial charge in [-0.25, -0.2) is 4.79 Å². The zero-order valence-corrected chi connectivity index (χ0v) is 13.3. The number of carbonyl (C=O) groups is 3. The van der Waals surface area contributed by atoms with Crippen LogP contribution in [0.2, 0.25) is 0 Å². The molecule has 2 aliphatic rings. The summed E-state index contributed by atoms with van der Waals surface area (Å²) in [6.45, 7) is 0.875. The van der Waals surface area contributed by atoms with Gasteiger partial charge in [0.2, 0.25) is 5.91 Å². The molecule has 1 aliphatic carbocycles. The zero-order chi connectivity index (χ0) is 17.2. The number of carboxylic acids is 1. The first-order chi connectivity index (χ1) is 11.5. The number of hydrogen-bond donors (Lipinski definition) is 2. The number of amides is 2. The lowest BCUT2D eigenvalue weighted by molar-refractivity contribution is -0.150. The van der Waals surface area contributed by atoms with Crippen molar-refractivity contribution < 1.29 is 24.2 Å². The van der Waals surface area contributed by atoms with Crippen LogP contribution in [0, 0.1) is 5.41 Å². The van der Waals surface area contributed by atoms with Gasteiger partial charge in [-0.2, -0.15) is 0 Å². The third-order valence-corrected chi connectivity index (χ3v) is 4.74. The van der Waals surface area contributed by atoms with E-state index in [1.165, 1.54) is 4.90 Å². The number of nitrogens with zero attached hydrogens (tertiary/aromatic N) is 1. The monoisotopic (exact) mass is 332 g/mol. The molecule has 1 saturated carbocycles. The molecule has 1 aromatic carbocycles. The van der Waals surface area contributed by atoms with Crippen LogP contribution in [0.5, 0.6) is 0 Å². The van der Waals surface area contributed by atoms with Gasteiger partial charge in [-0.05, 0) is 37.1 Å². The highest BCUT2D eigenvalue weighted by Gasteiger charge is 2.42. The van der Waals surface area contributed by atoms with Crippen molar-refractivity contribution in [2.24, 2.45) is 5.41 Å². The Morgan fingerprint density at radius 2 is 1.88 bits per heavy atom. The van der Waals surface area contributed by atoms with Crippen LogP contribution in [0.15, 0.2) is 24.3 Å². The number of carboxylic acid groups (broad SMARTS) is 1. The largest absolute Gasteiger partial charge is 0.481 e. The van der Waals surface area contributed by atoms with E-state index >= 15 is 0 Å². The fraction of sp³-hybridized carbons (Fsp3) is 0.471. The predicted molar refractivity (Wildman–Crippen MR) is 86.9 cm³/mol. The molecule has 0 aromatic heterocycles. The molecule has 2 fully saturated rings. The van der Waals surface area contributed by atoms with Gasteiger partial charge in [0.15, 0.2) is 0 Å². The molecule has 1 saturated heterocycles. The summed E-state index contributed by atoms with van der Waals surface area (Å²) in [5.41, 5.74) is 0.353. The van der Waals surface area contributed by atoms with E-state index in [1.54, 1.807) is 24.3 Å². The van der Waals surface area contributed by atoms with Crippen molar-refractivity contribution >= 4 is 29.3 Å². The average Bonchev–Trinajstić information content (AvgIpc) is 3.18. The number of ether oxygens (including phenoxy) is 1. The minimum absolute atomic E-state index is 0.0114. The molecule has 7 nitrogen and oxygen atoms in total. The molecule has 0 bridgehead atoms. The van der Waals surface area contributed by atoms with Gasteiger partial charge < -0.3 is 15.2 Å². The molecule has 7 heteroatoms. The molecule has 128 valence electrons. The van der Waals surface area contributed by atoms with E-state index in [0.717, 1.165) is 12.8 Å². The van der Waals surface area contributed by atoms with Crippen LogP contribution in [0.1, 0.15) is 32.1 Å². The number of aliphatic carboxylic acids is 1. The molecule has 2 amide bonds. The van der Waals surface area contributed by atoms with E-state index in [9.17, 15) is 19.5 Å². The van der Waals surface area contributed by atoms with Gasteiger partial charge >= 0.3 is 12.1 Å². The van der Waals surface area contributed by atoms with Crippen LogP contribution in [0.3, 0.4) is 0 Å². The van der Waals surface area contributed by atoms with Gasteiger partial charge in [-0.15, -0.1) is 0 Å². The lowest BCUT2D eigenvalue weighted by Crippen LogP contribution is -2.32. The fourth-order valence-electron chi connectivity index (χ4n) is 3.38. The number of rotatable bonds is 5. The smallest absolute Gasteiger partial charge is 0.414 e. The van der Waals surface area contributed by atoms with Crippen LogP contribution >= 0.6 is 0 Å². The van der Waals surface area contributed by atoms with Crippen LogP contribution in [-0.2, 0) is 14.3 Å². The summed E-state index contributed by atoms with van der Waals surface area (Å²) < 4.78 is 4.88. The first-order valence-corrected chi connectivity index (χ1v) is 8.08. The SMILES string of the molecule is O=C(CC1(C(=O)O)CCCC1)Nc1ccc(N2CCOC2=O)cc1. The minimum atomic E-state index is -0.927. The van der Waals surface area contributed by atoms with Gasteiger partial charge in [0.25, 0.3) is 0 Å². The third-order valence-electron chi connectivity index (χ3n) is 4.74. The molecule has 1 aliphatic heterocycles. The van der Waals surface area contributed by atoms with E-state index in [1.807, 2.05) is 0 Å². The molecule has 3 rings (SSSR count). The summed E-state index contributed by atoms with van der Waals surface area (Å²) in [6, 6.07) is 6.84. The lowest BCUT2D eigenvalue weighted by Gasteiger charge is -2.23. The van der Waals surface area contributed by atoms with Crippen LogP contribution in [-0.4, -0.2) is 36.2 Å². The molecular weight excluding hydrogens is 312 g/mol. The van der Waals surface area contributed by atoms with Crippen molar-refractivity contribution in [3.63, 3.8) is 0 Å². The number of benzene rings is 1. The maximum Gasteiger partial charge on any atom is 0.414 e. The average molecular weight is 332 g/mol. The Balaban J connectivity index is 1.62. The Bertz CT molecular complexity index is 649. The quantitative estimate of drug-likeness (QED) is 0.864. The summed E-state index contributed by atoms with van der Waals surface area (Å²) in [4.78, 5) is 36.7. The van der Waals surface area contributed by atoms with Gasteiger partial charge in [0.1, 0.15) is 6.61 Å². The Labute approximate surface area is 139 Å². The van der Waals surface area contributed by atoms with Crippen molar-refractivity contribution in [2.75, 3.05) is 23.4 Å². The molecule has 0 atom stereocenters. The zero-order valence-electron chi connectivity index (χ0n) is 13.3. The summed E-state index contributed by atoms with van der Waals surface area (Å²) in [6.07, 6.45) is 2.40. The Morgan fingerprint density at radius 3 is 2.42 bits per heavy atom. The third kappa shape index (κ3) is 3.20. The number of hydrogen-bond acceptors (Lipinski definition) is 4. The number of cyclic esters (lactones) is 1. The van der Waals surface area contributed by atoms with Crippen molar-refractivity contribution in [3.05, 3.63) is 24.3 Å². The van der Waals surface area contributed by atoms with Crippen molar-refractivity contribution in [3.8, 4) is 0 Å². The molecule has 0 radical (unpaired) electrons. The molecule has 1 heterocycles. The van der Waals surface area contributed by atoms with Crippen LogP contribution < -0.4 is 10.2 Å². The molecule has 24 heavy (non-hydrogen) atoms. The standard InChI is InChI=1S/C17H20N2O5/c20-14(11-17(15(21)22)7-1-2-8-17)18-12-3-5-13(6-4-12)19-9-10-24-16(19)23/h3-6H,1-2,7-11H2,(H,18,20)(H,21,22). The highest BCUT2D eigenvalue weighted by Crippen LogP contribution is 2.41. The van der Waals surface area contributed by atoms with E-state index < -0.39 is 11.4 Å². The molecule has 2 N–H and O–H groups in total.